The van der Waals surface area contributed by atoms with E-state index in [9.17, 15) is 0 Å². The van der Waals surface area contributed by atoms with Crippen LogP contribution in [0.2, 0.25) is 0 Å². The van der Waals surface area contributed by atoms with Gasteiger partial charge in [0.1, 0.15) is 5.75 Å². The zero-order valence-electron chi connectivity index (χ0n) is 11.5. The summed E-state index contributed by atoms with van der Waals surface area (Å²) in [5, 5.41) is 3.33. The molecule has 3 nitrogen and oxygen atoms in total. The molecular weight excluding hydrogens is 404 g/mol. The maximum atomic E-state index is 5.71. The summed E-state index contributed by atoms with van der Waals surface area (Å²) < 4.78 is 7.92. The standard InChI is InChI=1S/C14H16Br2N2OS/c1-8(2)19-10-4-9(6-18-7-10)13(17-3)11-5-12(15)20-14(11)16/h4-8,13,17H,1-3H3. The minimum Gasteiger partial charge on any atom is -0.489 e. The van der Waals surface area contributed by atoms with Gasteiger partial charge in [0.2, 0.25) is 0 Å². The van der Waals surface area contributed by atoms with Crippen molar-refractivity contribution in [1.29, 1.82) is 0 Å². The number of rotatable bonds is 5. The van der Waals surface area contributed by atoms with Gasteiger partial charge in [0.25, 0.3) is 0 Å². The molecule has 1 N–H and O–H groups in total. The van der Waals surface area contributed by atoms with Crippen LogP contribution in [0.4, 0.5) is 0 Å². The first kappa shape index (κ1) is 15.9. The Kier molecular flexibility index (Phi) is 5.60. The molecule has 0 saturated heterocycles. The van der Waals surface area contributed by atoms with Crippen LogP contribution >= 0.6 is 43.2 Å². The Bertz CT molecular complexity index is 586. The minimum atomic E-state index is 0.0788. The maximum absolute atomic E-state index is 5.71. The summed E-state index contributed by atoms with van der Waals surface area (Å²) >= 11 is 8.80. The third kappa shape index (κ3) is 3.81. The normalized spacial score (nSPS) is 12.7. The summed E-state index contributed by atoms with van der Waals surface area (Å²) in [7, 11) is 1.94. The van der Waals surface area contributed by atoms with Gasteiger partial charge in [0.15, 0.2) is 0 Å². The molecule has 2 aromatic rings. The van der Waals surface area contributed by atoms with Crippen LogP contribution in [0.1, 0.15) is 31.0 Å². The van der Waals surface area contributed by atoms with Crippen LogP contribution in [0.5, 0.6) is 5.75 Å². The van der Waals surface area contributed by atoms with Gasteiger partial charge in [-0.3, -0.25) is 4.98 Å². The van der Waals surface area contributed by atoms with Gasteiger partial charge in [-0.1, -0.05) is 0 Å². The summed E-state index contributed by atoms with van der Waals surface area (Å²) in [6, 6.07) is 4.23. The summed E-state index contributed by atoms with van der Waals surface area (Å²) in [5.41, 5.74) is 2.27. The third-order valence-electron chi connectivity index (χ3n) is 2.72. The lowest BCUT2D eigenvalue weighted by Crippen LogP contribution is -2.18. The van der Waals surface area contributed by atoms with E-state index in [-0.39, 0.29) is 12.1 Å². The average molecular weight is 420 g/mol. The first-order valence-electron chi connectivity index (χ1n) is 6.25. The van der Waals surface area contributed by atoms with Crippen molar-refractivity contribution < 1.29 is 4.74 Å². The van der Waals surface area contributed by atoms with Crippen molar-refractivity contribution in [2.24, 2.45) is 0 Å². The maximum Gasteiger partial charge on any atom is 0.138 e. The predicted molar refractivity (Wildman–Crippen MR) is 90.6 cm³/mol. The van der Waals surface area contributed by atoms with Crippen molar-refractivity contribution in [1.82, 2.24) is 10.3 Å². The molecule has 0 aliphatic heterocycles. The van der Waals surface area contributed by atoms with E-state index >= 15 is 0 Å². The van der Waals surface area contributed by atoms with Crippen LogP contribution in [-0.4, -0.2) is 18.1 Å². The number of aromatic nitrogens is 1. The number of ether oxygens (including phenoxy) is 1. The molecule has 0 aliphatic carbocycles. The highest BCUT2D eigenvalue weighted by molar-refractivity contribution is 9.12. The van der Waals surface area contributed by atoms with Crippen molar-refractivity contribution in [3.63, 3.8) is 0 Å². The molecule has 2 rings (SSSR count). The van der Waals surface area contributed by atoms with Crippen LogP contribution in [0.3, 0.4) is 0 Å². The molecule has 0 amide bonds. The van der Waals surface area contributed by atoms with Crippen molar-refractivity contribution in [2.45, 2.75) is 26.0 Å². The predicted octanol–water partition coefficient (Wildman–Crippen LogP) is 4.76. The van der Waals surface area contributed by atoms with Crippen LogP contribution in [0, 0.1) is 0 Å². The van der Waals surface area contributed by atoms with E-state index in [0.717, 1.165) is 18.9 Å². The zero-order valence-corrected chi connectivity index (χ0v) is 15.5. The molecule has 0 radical (unpaired) electrons. The molecule has 0 saturated carbocycles. The van der Waals surface area contributed by atoms with Gasteiger partial charge in [-0.25, -0.2) is 0 Å². The lowest BCUT2D eigenvalue weighted by molar-refractivity contribution is 0.241. The fourth-order valence-electron chi connectivity index (χ4n) is 1.98. The van der Waals surface area contributed by atoms with E-state index in [4.69, 9.17) is 4.74 Å². The summed E-state index contributed by atoms with van der Waals surface area (Å²) in [5.74, 6) is 0.795. The number of hydrogen-bond donors (Lipinski definition) is 1. The number of nitrogens with one attached hydrogen (secondary N) is 1. The van der Waals surface area contributed by atoms with Gasteiger partial charge in [0.05, 0.1) is 25.9 Å². The monoisotopic (exact) mass is 418 g/mol. The second kappa shape index (κ2) is 7.02. The Morgan fingerprint density at radius 3 is 2.55 bits per heavy atom. The fourth-order valence-corrected chi connectivity index (χ4v) is 4.88. The lowest BCUT2D eigenvalue weighted by Gasteiger charge is -2.17. The Hall–Kier alpha value is -0.430. The van der Waals surface area contributed by atoms with E-state index in [2.05, 4.69) is 48.2 Å². The minimum absolute atomic E-state index is 0.0788. The number of thiophene rings is 1. The topological polar surface area (TPSA) is 34.2 Å². The molecule has 108 valence electrons. The molecule has 0 fully saturated rings. The molecule has 6 heteroatoms. The molecule has 2 heterocycles. The Labute approximate surface area is 140 Å². The number of halogens is 2. The first-order chi connectivity index (χ1) is 9.51. The molecule has 20 heavy (non-hydrogen) atoms. The van der Waals surface area contributed by atoms with Crippen molar-refractivity contribution in [2.75, 3.05) is 7.05 Å². The second-order valence-electron chi connectivity index (χ2n) is 4.62. The summed E-state index contributed by atoms with van der Waals surface area (Å²) in [6.07, 6.45) is 3.75. The second-order valence-corrected chi connectivity index (χ2v) is 8.37. The molecule has 1 unspecified atom stereocenters. The van der Waals surface area contributed by atoms with E-state index in [1.807, 2.05) is 33.2 Å². The number of pyridine rings is 1. The largest absolute Gasteiger partial charge is 0.489 e. The molecule has 0 bridgehead atoms. The Morgan fingerprint density at radius 2 is 2.00 bits per heavy atom. The van der Waals surface area contributed by atoms with E-state index in [1.54, 1.807) is 17.5 Å². The van der Waals surface area contributed by atoms with E-state index < -0.39 is 0 Å². The lowest BCUT2D eigenvalue weighted by atomic mass is 10.0. The van der Waals surface area contributed by atoms with Gasteiger partial charge in [0, 0.05) is 6.20 Å². The van der Waals surface area contributed by atoms with Crippen LogP contribution in [0.15, 0.2) is 32.1 Å². The van der Waals surface area contributed by atoms with E-state index in [1.165, 1.54) is 5.56 Å². The molecule has 0 spiro atoms. The molecular formula is C14H16Br2N2OS. The van der Waals surface area contributed by atoms with Gasteiger partial charge in [-0.05, 0) is 76.0 Å². The smallest absolute Gasteiger partial charge is 0.138 e. The van der Waals surface area contributed by atoms with Gasteiger partial charge in [-0.2, -0.15) is 0 Å². The Morgan fingerprint density at radius 1 is 1.25 bits per heavy atom. The van der Waals surface area contributed by atoms with Crippen molar-refractivity contribution in [3.8, 4) is 5.75 Å². The van der Waals surface area contributed by atoms with Crippen LogP contribution in [-0.2, 0) is 0 Å². The van der Waals surface area contributed by atoms with Crippen molar-refractivity contribution >= 4 is 43.2 Å². The SMILES string of the molecule is CNC(c1cncc(OC(C)C)c1)c1cc(Br)sc1Br. The highest BCUT2D eigenvalue weighted by Crippen LogP contribution is 2.38. The quantitative estimate of drug-likeness (QED) is 0.758. The summed E-state index contributed by atoms with van der Waals surface area (Å²) in [6.45, 7) is 4.02. The van der Waals surface area contributed by atoms with Gasteiger partial charge < -0.3 is 10.1 Å². The zero-order chi connectivity index (χ0) is 14.7. The van der Waals surface area contributed by atoms with Gasteiger partial charge >= 0.3 is 0 Å². The number of nitrogens with zero attached hydrogens (tertiary/aromatic N) is 1. The van der Waals surface area contributed by atoms with Crippen LogP contribution < -0.4 is 10.1 Å². The van der Waals surface area contributed by atoms with Gasteiger partial charge in [-0.15, -0.1) is 11.3 Å². The third-order valence-corrected chi connectivity index (χ3v) is 5.11. The molecule has 0 aromatic carbocycles. The molecule has 2 aromatic heterocycles. The van der Waals surface area contributed by atoms with E-state index in [0.29, 0.717) is 0 Å². The molecule has 0 aliphatic rings. The fraction of sp³-hybridized carbons (Fsp3) is 0.357. The van der Waals surface area contributed by atoms with Crippen molar-refractivity contribution in [3.05, 3.63) is 43.2 Å². The molecule has 1 atom stereocenters. The van der Waals surface area contributed by atoms with Crippen LogP contribution in [0.25, 0.3) is 0 Å². The number of hydrogen-bond acceptors (Lipinski definition) is 4. The first-order valence-corrected chi connectivity index (χ1v) is 8.65. The average Bonchev–Trinajstić information content (AvgIpc) is 2.69. The Balaban J connectivity index is 2.34. The highest BCUT2D eigenvalue weighted by atomic mass is 79.9. The summed E-state index contributed by atoms with van der Waals surface area (Å²) in [4.78, 5) is 4.28. The highest BCUT2D eigenvalue weighted by Gasteiger charge is 2.18.